The van der Waals surface area contributed by atoms with Gasteiger partial charge < -0.3 is 9.88 Å². The molecule has 1 aliphatic rings. The first-order valence-corrected chi connectivity index (χ1v) is 9.13. The van der Waals surface area contributed by atoms with Crippen molar-refractivity contribution in [1.29, 1.82) is 0 Å². The van der Waals surface area contributed by atoms with Crippen molar-refractivity contribution in [2.45, 2.75) is 37.1 Å². The summed E-state index contributed by atoms with van der Waals surface area (Å²) in [6.07, 6.45) is 0. The van der Waals surface area contributed by atoms with Crippen molar-refractivity contribution in [3.05, 3.63) is 65.4 Å². The molecular weight excluding hydrogens is 316 g/mol. The van der Waals surface area contributed by atoms with E-state index < -0.39 is 0 Å². The number of hydrogen-bond donors (Lipinski definition) is 1. The highest BCUT2D eigenvalue weighted by atomic mass is 32.2. The summed E-state index contributed by atoms with van der Waals surface area (Å²) in [5, 5.41) is 4.70. The van der Waals surface area contributed by atoms with Crippen molar-refractivity contribution >= 4 is 28.6 Å². The van der Waals surface area contributed by atoms with Gasteiger partial charge in [-0.25, -0.2) is 0 Å². The minimum Gasteiger partial charge on any atom is -0.347 e. The summed E-state index contributed by atoms with van der Waals surface area (Å²) in [4.78, 5) is 14.0. The lowest BCUT2D eigenvalue weighted by Gasteiger charge is -2.22. The summed E-state index contributed by atoms with van der Waals surface area (Å²) in [5.74, 6) is -0.000460. The Morgan fingerprint density at radius 1 is 1.25 bits per heavy atom. The molecule has 0 saturated carbocycles. The van der Waals surface area contributed by atoms with Gasteiger partial charge in [-0.15, -0.1) is 11.8 Å². The predicted octanol–water partition coefficient (Wildman–Crippen LogP) is 4.37. The molecule has 2 heterocycles. The molecule has 0 spiro atoms. The molecular formula is C20H20N2OS. The number of amides is 1. The summed E-state index contributed by atoms with van der Waals surface area (Å²) < 4.78 is 2.18. The van der Waals surface area contributed by atoms with Crippen LogP contribution in [0.25, 0.3) is 10.9 Å². The molecule has 0 unspecified atom stereocenters. The SMILES string of the molecule is Cc1ccccc1CNC(=O)c1cc2cccc3c2n1C[C@@H](C)S3. The fraction of sp³-hybridized carbons (Fsp3) is 0.250. The van der Waals surface area contributed by atoms with Crippen LogP contribution in [0.2, 0.25) is 0 Å². The summed E-state index contributed by atoms with van der Waals surface area (Å²) in [5.41, 5.74) is 4.32. The van der Waals surface area contributed by atoms with Gasteiger partial charge in [0.05, 0.1) is 5.52 Å². The molecule has 1 aromatic heterocycles. The zero-order valence-corrected chi connectivity index (χ0v) is 14.7. The molecule has 1 amide bonds. The van der Waals surface area contributed by atoms with E-state index in [1.807, 2.05) is 30.0 Å². The van der Waals surface area contributed by atoms with Crippen LogP contribution >= 0.6 is 11.8 Å². The molecule has 0 fully saturated rings. The molecule has 3 aromatic rings. The van der Waals surface area contributed by atoms with Crippen LogP contribution in [-0.2, 0) is 13.1 Å². The van der Waals surface area contributed by atoms with Crippen molar-refractivity contribution in [3.8, 4) is 0 Å². The minimum absolute atomic E-state index is 0.000460. The van der Waals surface area contributed by atoms with E-state index in [9.17, 15) is 4.79 Å². The van der Waals surface area contributed by atoms with Gasteiger partial charge in [0.15, 0.2) is 0 Å². The number of carbonyl (C=O) groups is 1. The van der Waals surface area contributed by atoms with Crippen molar-refractivity contribution in [3.63, 3.8) is 0 Å². The summed E-state index contributed by atoms with van der Waals surface area (Å²) in [6, 6.07) is 16.5. The largest absolute Gasteiger partial charge is 0.347 e. The molecule has 2 aromatic carbocycles. The quantitative estimate of drug-likeness (QED) is 0.770. The number of thioether (sulfide) groups is 1. The third kappa shape index (κ3) is 2.61. The lowest BCUT2D eigenvalue weighted by atomic mass is 10.1. The van der Waals surface area contributed by atoms with Crippen LogP contribution in [0.5, 0.6) is 0 Å². The predicted molar refractivity (Wildman–Crippen MR) is 99.6 cm³/mol. The highest BCUT2D eigenvalue weighted by molar-refractivity contribution is 8.00. The Balaban J connectivity index is 1.65. The summed E-state index contributed by atoms with van der Waals surface area (Å²) in [7, 11) is 0. The van der Waals surface area contributed by atoms with Gasteiger partial charge in [-0.2, -0.15) is 0 Å². The van der Waals surface area contributed by atoms with Crippen LogP contribution < -0.4 is 5.32 Å². The highest BCUT2D eigenvalue weighted by Crippen LogP contribution is 2.38. The smallest absolute Gasteiger partial charge is 0.268 e. The van der Waals surface area contributed by atoms with Gasteiger partial charge in [0.25, 0.3) is 5.91 Å². The number of aromatic nitrogens is 1. The van der Waals surface area contributed by atoms with E-state index in [2.05, 4.69) is 54.1 Å². The third-order valence-corrected chi connectivity index (χ3v) is 5.72. The monoisotopic (exact) mass is 336 g/mol. The Hall–Kier alpha value is -2.20. The van der Waals surface area contributed by atoms with E-state index in [0.717, 1.165) is 23.2 Å². The van der Waals surface area contributed by atoms with Crippen LogP contribution in [0.3, 0.4) is 0 Å². The number of carbonyl (C=O) groups excluding carboxylic acids is 1. The average Bonchev–Trinajstić information content (AvgIpc) is 2.94. The van der Waals surface area contributed by atoms with Crippen LogP contribution in [0.4, 0.5) is 0 Å². The van der Waals surface area contributed by atoms with Crippen LogP contribution in [-0.4, -0.2) is 15.7 Å². The van der Waals surface area contributed by atoms with E-state index in [1.54, 1.807) is 0 Å². The van der Waals surface area contributed by atoms with Gasteiger partial charge >= 0.3 is 0 Å². The van der Waals surface area contributed by atoms with Crippen molar-refractivity contribution in [2.24, 2.45) is 0 Å². The standard InChI is InChI=1S/C20H20N2OS/c1-13-6-3-4-7-16(13)11-21-20(23)17-10-15-8-5-9-18-19(15)22(17)12-14(2)24-18/h3-10,14H,11-12H2,1-2H3,(H,21,23)/t14-/m1/s1. The van der Waals surface area contributed by atoms with Crippen LogP contribution in [0, 0.1) is 6.92 Å². The molecule has 1 aliphatic heterocycles. The van der Waals surface area contributed by atoms with E-state index in [0.29, 0.717) is 11.8 Å². The maximum Gasteiger partial charge on any atom is 0.268 e. The molecule has 3 nitrogen and oxygen atoms in total. The number of benzene rings is 2. The molecule has 0 radical (unpaired) electrons. The lowest BCUT2D eigenvalue weighted by molar-refractivity contribution is 0.0942. The molecule has 4 heteroatoms. The molecule has 24 heavy (non-hydrogen) atoms. The Morgan fingerprint density at radius 2 is 2.08 bits per heavy atom. The third-order valence-electron chi connectivity index (χ3n) is 4.58. The van der Waals surface area contributed by atoms with Crippen molar-refractivity contribution in [1.82, 2.24) is 9.88 Å². The fourth-order valence-electron chi connectivity index (χ4n) is 3.35. The van der Waals surface area contributed by atoms with E-state index in [-0.39, 0.29) is 5.91 Å². The number of rotatable bonds is 3. The number of nitrogens with one attached hydrogen (secondary N) is 1. The Kier molecular flexibility index (Phi) is 3.85. The zero-order chi connectivity index (χ0) is 16.7. The van der Waals surface area contributed by atoms with E-state index in [1.165, 1.54) is 16.0 Å². The normalized spacial score (nSPS) is 16.3. The number of para-hydroxylation sites is 1. The second kappa shape index (κ2) is 6.02. The summed E-state index contributed by atoms with van der Waals surface area (Å²) in [6.45, 7) is 5.71. The van der Waals surface area contributed by atoms with Crippen molar-refractivity contribution < 1.29 is 4.79 Å². The summed E-state index contributed by atoms with van der Waals surface area (Å²) >= 11 is 1.89. The van der Waals surface area contributed by atoms with Gasteiger partial charge in [-0.3, -0.25) is 4.79 Å². The zero-order valence-electron chi connectivity index (χ0n) is 13.9. The molecule has 0 saturated heterocycles. The molecule has 0 bridgehead atoms. The van der Waals surface area contributed by atoms with Gasteiger partial charge in [0.1, 0.15) is 5.69 Å². The molecule has 1 atom stereocenters. The van der Waals surface area contributed by atoms with E-state index >= 15 is 0 Å². The van der Waals surface area contributed by atoms with Gasteiger partial charge in [0.2, 0.25) is 0 Å². The van der Waals surface area contributed by atoms with Gasteiger partial charge in [0, 0.05) is 28.6 Å². The van der Waals surface area contributed by atoms with Crippen LogP contribution in [0.15, 0.2) is 53.4 Å². The molecule has 122 valence electrons. The Labute approximate surface area is 146 Å². The van der Waals surface area contributed by atoms with Crippen LogP contribution in [0.1, 0.15) is 28.5 Å². The second-order valence-electron chi connectivity index (χ2n) is 6.37. The minimum atomic E-state index is -0.000460. The molecule has 4 rings (SSSR count). The topological polar surface area (TPSA) is 34.0 Å². The first-order valence-electron chi connectivity index (χ1n) is 8.25. The highest BCUT2D eigenvalue weighted by Gasteiger charge is 2.23. The average molecular weight is 336 g/mol. The first-order chi connectivity index (χ1) is 11.6. The number of nitrogens with zero attached hydrogens (tertiary/aromatic N) is 1. The fourth-order valence-corrected chi connectivity index (χ4v) is 4.50. The number of hydrogen-bond acceptors (Lipinski definition) is 2. The number of aryl methyl sites for hydroxylation is 1. The molecule has 0 aliphatic carbocycles. The Morgan fingerprint density at radius 3 is 2.92 bits per heavy atom. The maximum absolute atomic E-state index is 12.8. The van der Waals surface area contributed by atoms with Crippen molar-refractivity contribution in [2.75, 3.05) is 0 Å². The maximum atomic E-state index is 12.8. The van der Waals surface area contributed by atoms with Gasteiger partial charge in [-0.05, 0) is 30.2 Å². The molecule has 1 N–H and O–H groups in total. The second-order valence-corrected chi connectivity index (χ2v) is 7.85. The Bertz CT molecular complexity index is 929. The first kappa shape index (κ1) is 15.3. The van der Waals surface area contributed by atoms with E-state index in [4.69, 9.17) is 0 Å². The lowest BCUT2D eigenvalue weighted by Crippen LogP contribution is -2.27. The van der Waals surface area contributed by atoms with Gasteiger partial charge in [-0.1, -0.05) is 43.3 Å².